The van der Waals surface area contributed by atoms with Crippen LogP contribution in [0.25, 0.3) is 0 Å². The fraction of sp³-hybridized carbons (Fsp3) is 0.500. The summed E-state index contributed by atoms with van der Waals surface area (Å²) in [6.07, 6.45) is 2.14. The molecule has 1 heterocycles. The minimum atomic E-state index is 1.01. The fourth-order valence-corrected chi connectivity index (χ4v) is 0.429. The van der Waals surface area contributed by atoms with Gasteiger partial charge in [-0.15, -0.1) is 0 Å². The third-order valence-corrected chi connectivity index (χ3v) is 0.729. The maximum atomic E-state index is 2.99. The van der Waals surface area contributed by atoms with Crippen molar-refractivity contribution in [3.05, 3.63) is 13.1 Å². The van der Waals surface area contributed by atoms with E-state index >= 15 is 0 Å². The van der Waals surface area contributed by atoms with Gasteiger partial charge >= 0.3 is 0 Å². The normalized spacial score (nSPS) is 24.0. The van der Waals surface area contributed by atoms with Crippen molar-refractivity contribution < 1.29 is 0 Å². The average Bonchev–Trinajstić information content (AvgIpc) is 1.72. The quantitative estimate of drug-likeness (QED) is 0.413. The predicted octanol–water partition coefficient (Wildman–Crippen LogP) is -0.497. The molecule has 2 N–H and O–H groups in total. The van der Waals surface area contributed by atoms with E-state index in [1.807, 2.05) is 6.67 Å². The monoisotopic (exact) mass is 84.1 g/mol. The number of hydrogen-bond donors (Lipinski definition) is 2. The van der Waals surface area contributed by atoms with Crippen LogP contribution in [0.2, 0.25) is 0 Å². The summed E-state index contributed by atoms with van der Waals surface area (Å²) in [7, 11) is 0. The molecule has 1 saturated heterocycles. The van der Waals surface area contributed by atoms with E-state index in [-0.39, 0.29) is 0 Å². The highest BCUT2D eigenvalue weighted by Crippen LogP contribution is 1.77. The van der Waals surface area contributed by atoms with E-state index in [0.29, 0.717) is 0 Å². The highest BCUT2D eigenvalue weighted by molar-refractivity contribution is 4.80. The lowest BCUT2D eigenvalue weighted by molar-refractivity contribution is 0.651. The van der Waals surface area contributed by atoms with Gasteiger partial charge in [-0.1, -0.05) is 0 Å². The molecule has 2 radical (unpaired) electrons. The molecule has 1 rings (SSSR count). The number of nitrogens with one attached hydrogen (secondary N) is 2. The Bertz CT molecular complexity index is 21.0. The lowest BCUT2D eigenvalue weighted by atomic mass is 10.4. The van der Waals surface area contributed by atoms with Crippen LogP contribution in [0.3, 0.4) is 0 Å². The highest BCUT2D eigenvalue weighted by atomic mass is 15.1. The Labute approximate surface area is 37.9 Å². The van der Waals surface area contributed by atoms with Crippen molar-refractivity contribution in [2.75, 3.05) is 13.1 Å². The van der Waals surface area contributed by atoms with Crippen LogP contribution >= 0.6 is 0 Å². The zero-order chi connectivity index (χ0) is 4.24. The maximum Gasteiger partial charge on any atom is 0.0866 e. The van der Waals surface area contributed by atoms with Gasteiger partial charge in [0.1, 0.15) is 0 Å². The Balaban J connectivity index is 2.00. The van der Waals surface area contributed by atoms with Crippen LogP contribution in [0.15, 0.2) is 0 Å². The summed E-state index contributed by atoms with van der Waals surface area (Å²) in [6.45, 7) is 3.88. The van der Waals surface area contributed by atoms with Gasteiger partial charge in [0.2, 0.25) is 0 Å². The summed E-state index contributed by atoms with van der Waals surface area (Å²) in [5.74, 6) is 0. The first kappa shape index (κ1) is 4.09. The van der Waals surface area contributed by atoms with E-state index in [4.69, 9.17) is 0 Å². The van der Waals surface area contributed by atoms with Crippen molar-refractivity contribution in [1.82, 2.24) is 10.6 Å². The predicted molar refractivity (Wildman–Crippen MR) is 24.6 cm³/mol. The van der Waals surface area contributed by atoms with Gasteiger partial charge < -0.3 is 0 Å². The minimum Gasteiger partial charge on any atom is -0.299 e. The van der Waals surface area contributed by atoms with Gasteiger partial charge in [0.25, 0.3) is 0 Å². The van der Waals surface area contributed by atoms with E-state index in [1.165, 1.54) is 0 Å². The molecule has 0 saturated carbocycles. The lowest BCUT2D eigenvalue weighted by Gasteiger charge is -2.09. The van der Waals surface area contributed by atoms with Crippen molar-refractivity contribution in [3.63, 3.8) is 0 Å². The molecule has 0 aliphatic carbocycles. The zero-order valence-corrected chi connectivity index (χ0v) is 3.57. The molecular formula is C4H8N2. The number of rotatable bonds is 0. The van der Waals surface area contributed by atoms with Gasteiger partial charge in [-0.2, -0.15) is 0 Å². The van der Waals surface area contributed by atoms with E-state index in [9.17, 15) is 0 Å². The van der Waals surface area contributed by atoms with Crippen LogP contribution in [0.5, 0.6) is 0 Å². The largest absolute Gasteiger partial charge is 0.299 e. The molecule has 6 heavy (non-hydrogen) atoms. The lowest BCUT2D eigenvalue weighted by Crippen LogP contribution is -2.32. The topological polar surface area (TPSA) is 24.1 Å². The van der Waals surface area contributed by atoms with E-state index < -0.39 is 0 Å². The fourth-order valence-electron chi connectivity index (χ4n) is 0.429. The van der Waals surface area contributed by atoms with Crippen LogP contribution in [0.1, 0.15) is 0 Å². The smallest absolute Gasteiger partial charge is 0.0866 e. The van der Waals surface area contributed by atoms with E-state index in [1.54, 1.807) is 0 Å². The molecule has 0 atom stereocenters. The first-order chi connectivity index (χ1) is 3.00. The summed E-state index contributed by atoms with van der Waals surface area (Å²) >= 11 is 0. The van der Waals surface area contributed by atoms with E-state index in [2.05, 4.69) is 17.1 Å². The van der Waals surface area contributed by atoms with Gasteiger partial charge in [-0.3, -0.25) is 10.6 Å². The molecular weight excluding hydrogens is 76.1 g/mol. The third kappa shape index (κ3) is 0.954. The van der Waals surface area contributed by atoms with Gasteiger partial charge in [0.15, 0.2) is 0 Å². The second-order valence-electron chi connectivity index (χ2n) is 1.25. The molecule has 0 aromatic carbocycles. The van der Waals surface area contributed by atoms with Crippen LogP contribution in [0.4, 0.5) is 0 Å². The number of hydrogen-bond acceptors (Lipinski definition) is 2. The van der Waals surface area contributed by atoms with Gasteiger partial charge in [0, 0.05) is 13.1 Å². The van der Waals surface area contributed by atoms with Crippen LogP contribution < -0.4 is 10.6 Å². The Kier molecular flexibility index (Phi) is 1.47. The van der Waals surface area contributed by atoms with Crippen LogP contribution in [0, 0.1) is 13.1 Å². The van der Waals surface area contributed by atoms with Crippen LogP contribution in [-0.4, -0.2) is 13.1 Å². The Morgan fingerprint density at radius 3 is 2.00 bits per heavy atom. The molecule has 2 heteroatoms. The first-order valence-electron chi connectivity index (χ1n) is 2.10. The van der Waals surface area contributed by atoms with Crippen molar-refractivity contribution in [2.45, 2.75) is 0 Å². The second kappa shape index (κ2) is 2.16. The molecule has 0 aromatic heterocycles. The van der Waals surface area contributed by atoms with Crippen molar-refractivity contribution in [3.8, 4) is 0 Å². The van der Waals surface area contributed by atoms with Gasteiger partial charge in [-0.25, -0.2) is 0 Å². The second-order valence-corrected chi connectivity index (χ2v) is 1.25. The van der Waals surface area contributed by atoms with E-state index in [0.717, 1.165) is 13.1 Å². The molecule has 1 fully saturated rings. The Morgan fingerprint density at radius 1 is 1.17 bits per heavy atom. The summed E-state index contributed by atoms with van der Waals surface area (Å²) in [4.78, 5) is 0. The third-order valence-electron chi connectivity index (χ3n) is 0.729. The summed E-state index contributed by atoms with van der Waals surface area (Å²) in [5, 5.41) is 5.99. The zero-order valence-electron chi connectivity index (χ0n) is 3.57. The summed E-state index contributed by atoms with van der Waals surface area (Å²) in [5.41, 5.74) is 0. The molecule has 2 nitrogen and oxygen atoms in total. The van der Waals surface area contributed by atoms with Gasteiger partial charge in [-0.05, 0) is 6.42 Å². The van der Waals surface area contributed by atoms with Crippen molar-refractivity contribution in [1.29, 1.82) is 0 Å². The van der Waals surface area contributed by atoms with Crippen molar-refractivity contribution in [2.24, 2.45) is 0 Å². The highest BCUT2D eigenvalue weighted by Gasteiger charge is 1.92. The molecule has 0 bridgehead atoms. The molecule has 1 aliphatic rings. The standard InChI is InChI=1S/C4H8N2/c1-2-5-4-6-3-1/h1,4-6H,2-3H2. The van der Waals surface area contributed by atoms with Gasteiger partial charge in [0.05, 0.1) is 6.67 Å². The molecule has 0 amide bonds. The summed E-state index contributed by atoms with van der Waals surface area (Å²) < 4.78 is 0. The Morgan fingerprint density at radius 2 is 1.83 bits per heavy atom. The molecule has 0 aromatic rings. The average molecular weight is 84.1 g/mol. The minimum absolute atomic E-state index is 1.01. The van der Waals surface area contributed by atoms with Crippen LogP contribution in [-0.2, 0) is 0 Å². The molecule has 0 spiro atoms. The first-order valence-corrected chi connectivity index (χ1v) is 2.10. The SMILES string of the molecule is [CH]1CN[CH]NC1. The maximum absolute atomic E-state index is 2.99. The van der Waals surface area contributed by atoms with Crippen molar-refractivity contribution >= 4 is 0 Å². The summed E-state index contributed by atoms with van der Waals surface area (Å²) in [6, 6.07) is 0. The molecule has 0 unspecified atom stereocenters. The molecule has 34 valence electrons. The Hall–Kier alpha value is -0.0800. The molecule has 1 aliphatic heterocycles.